The molecule has 0 spiro atoms. The van der Waals surface area contributed by atoms with Crippen molar-refractivity contribution in [1.82, 2.24) is 4.57 Å². The van der Waals surface area contributed by atoms with Gasteiger partial charge in [0, 0.05) is 16.2 Å². The fraction of sp³-hybridized carbons (Fsp3) is 0.0769. The van der Waals surface area contributed by atoms with Crippen LogP contribution >= 0.6 is 15.9 Å². The molecule has 0 unspecified atom stereocenters. The molecule has 0 fully saturated rings. The number of ketones is 1. The van der Waals surface area contributed by atoms with Crippen molar-refractivity contribution in [2.45, 2.75) is 6.92 Å². The van der Waals surface area contributed by atoms with Crippen molar-refractivity contribution in [3.8, 4) is 5.69 Å². The number of carbonyl (C=O) groups excluding carboxylic acids is 1. The summed E-state index contributed by atoms with van der Waals surface area (Å²) in [7, 11) is 0. The Kier molecular flexibility index (Phi) is 3.53. The number of halogens is 2. The van der Waals surface area contributed by atoms with Crippen LogP contribution in [-0.4, -0.2) is 21.4 Å². The highest BCUT2D eigenvalue weighted by Gasteiger charge is 2.17. The average Bonchev–Trinajstić information content (AvgIpc) is 2.73. The summed E-state index contributed by atoms with van der Waals surface area (Å²) in [5.74, 6) is -2.09. The lowest BCUT2D eigenvalue weighted by atomic mass is 10.2. The van der Waals surface area contributed by atoms with E-state index in [1.165, 1.54) is 31.3 Å². The maximum atomic E-state index is 13.9. The van der Waals surface area contributed by atoms with E-state index in [0.29, 0.717) is 4.47 Å². The zero-order valence-corrected chi connectivity index (χ0v) is 11.4. The summed E-state index contributed by atoms with van der Waals surface area (Å²) in [5, 5.41) is 9.10. The summed E-state index contributed by atoms with van der Waals surface area (Å²) in [4.78, 5) is 22.4. The van der Waals surface area contributed by atoms with Gasteiger partial charge in [-0.3, -0.25) is 4.79 Å². The Balaban J connectivity index is 2.66. The second-order valence-electron chi connectivity index (χ2n) is 3.94. The molecule has 4 nitrogen and oxygen atoms in total. The first kappa shape index (κ1) is 13.5. The maximum Gasteiger partial charge on any atom is 0.352 e. The first-order chi connectivity index (χ1) is 8.90. The molecule has 0 saturated heterocycles. The maximum absolute atomic E-state index is 13.9. The predicted octanol–water partition coefficient (Wildman–Crippen LogP) is 3.28. The number of rotatable bonds is 3. The molecule has 98 valence electrons. The number of hydrogen-bond donors (Lipinski definition) is 1. The van der Waals surface area contributed by atoms with Gasteiger partial charge in [0.1, 0.15) is 11.5 Å². The zero-order chi connectivity index (χ0) is 14.2. The minimum atomic E-state index is -1.23. The molecule has 6 heteroatoms. The fourth-order valence-corrected chi connectivity index (χ4v) is 2.03. The van der Waals surface area contributed by atoms with Crippen LogP contribution in [0.1, 0.15) is 27.8 Å². The Bertz CT molecular complexity index is 679. The summed E-state index contributed by atoms with van der Waals surface area (Å²) in [6.07, 6.45) is 1.32. The number of nitrogens with zero attached hydrogens (tertiary/aromatic N) is 1. The van der Waals surface area contributed by atoms with Crippen LogP contribution in [0.3, 0.4) is 0 Å². The normalized spacial score (nSPS) is 10.5. The molecule has 0 bridgehead atoms. The highest BCUT2D eigenvalue weighted by atomic mass is 79.9. The minimum absolute atomic E-state index is 0.0769. The molecule has 0 atom stereocenters. The van der Waals surface area contributed by atoms with Crippen molar-refractivity contribution < 1.29 is 19.1 Å². The van der Waals surface area contributed by atoms with E-state index in [1.807, 2.05) is 0 Å². The van der Waals surface area contributed by atoms with E-state index < -0.39 is 11.8 Å². The SMILES string of the molecule is CC(=O)c1cc(C(=O)O)n(-c2ccc(Br)cc2F)c1. The number of carbonyl (C=O) groups is 2. The summed E-state index contributed by atoms with van der Waals surface area (Å²) in [5.41, 5.74) is 0.138. The largest absolute Gasteiger partial charge is 0.477 e. The van der Waals surface area contributed by atoms with Gasteiger partial charge in [0.2, 0.25) is 0 Å². The van der Waals surface area contributed by atoms with Crippen molar-refractivity contribution in [2.24, 2.45) is 0 Å². The molecule has 1 heterocycles. The molecular weight excluding hydrogens is 317 g/mol. The third-order valence-corrected chi connectivity index (χ3v) is 3.11. The molecule has 0 saturated carbocycles. The molecule has 19 heavy (non-hydrogen) atoms. The Labute approximate surface area is 116 Å². The molecule has 1 N–H and O–H groups in total. The topological polar surface area (TPSA) is 59.3 Å². The van der Waals surface area contributed by atoms with Gasteiger partial charge in [0.05, 0.1) is 5.69 Å². The van der Waals surface area contributed by atoms with Gasteiger partial charge in [-0.05, 0) is 31.2 Å². The van der Waals surface area contributed by atoms with Gasteiger partial charge in [-0.2, -0.15) is 0 Å². The summed E-state index contributed by atoms with van der Waals surface area (Å²) >= 11 is 3.13. The molecule has 0 aliphatic carbocycles. The van der Waals surface area contributed by atoms with E-state index in [-0.39, 0.29) is 22.7 Å². The van der Waals surface area contributed by atoms with Crippen LogP contribution in [0.15, 0.2) is 34.9 Å². The Morgan fingerprint density at radius 3 is 2.53 bits per heavy atom. The smallest absolute Gasteiger partial charge is 0.352 e. The number of hydrogen-bond acceptors (Lipinski definition) is 2. The monoisotopic (exact) mass is 325 g/mol. The van der Waals surface area contributed by atoms with Crippen molar-refractivity contribution in [1.29, 1.82) is 0 Å². The van der Waals surface area contributed by atoms with Gasteiger partial charge in [-0.15, -0.1) is 0 Å². The number of aromatic nitrogens is 1. The molecule has 2 aromatic rings. The lowest BCUT2D eigenvalue weighted by molar-refractivity contribution is 0.0688. The molecule has 0 aliphatic heterocycles. The molecule has 2 rings (SSSR count). The van der Waals surface area contributed by atoms with Gasteiger partial charge in [-0.25, -0.2) is 9.18 Å². The molecule has 1 aromatic carbocycles. The molecule has 0 amide bonds. The van der Waals surface area contributed by atoms with Gasteiger partial charge < -0.3 is 9.67 Å². The second-order valence-corrected chi connectivity index (χ2v) is 4.86. The van der Waals surface area contributed by atoms with Crippen molar-refractivity contribution in [3.05, 3.63) is 52.0 Å². The van der Waals surface area contributed by atoms with E-state index >= 15 is 0 Å². The van der Waals surface area contributed by atoms with Crippen molar-refractivity contribution >= 4 is 27.7 Å². The average molecular weight is 326 g/mol. The number of Topliss-reactive ketones (excluding diaryl/α,β-unsaturated/α-hetero) is 1. The van der Waals surface area contributed by atoms with Gasteiger partial charge >= 0.3 is 5.97 Å². The number of carboxylic acid groups (broad SMARTS) is 1. The second kappa shape index (κ2) is 4.97. The molecule has 0 radical (unpaired) electrons. The third kappa shape index (κ3) is 2.58. The van der Waals surface area contributed by atoms with E-state index in [2.05, 4.69) is 15.9 Å². The predicted molar refractivity (Wildman–Crippen MR) is 70.4 cm³/mol. The molecule has 1 aromatic heterocycles. The van der Waals surface area contributed by atoms with Crippen LogP contribution in [0.4, 0.5) is 4.39 Å². The van der Waals surface area contributed by atoms with Gasteiger partial charge in [-0.1, -0.05) is 15.9 Å². The highest BCUT2D eigenvalue weighted by molar-refractivity contribution is 9.10. The lowest BCUT2D eigenvalue weighted by Gasteiger charge is -2.07. The number of benzene rings is 1. The standard InChI is InChI=1S/C13H9BrFNO3/c1-7(17)8-4-12(13(18)19)16(6-8)11-3-2-9(14)5-10(11)15/h2-6H,1H3,(H,18,19). The van der Waals surface area contributed by atoms with Crippen LogP contribution in [0, 0.1) is 5.82 Å². The molecule has 0 aliphatic rings. The van der Waals surface area contributed by atoms with Gasteiger partial charge in [0.15, 0.2) is 5.78 Å². The van der Waals surface area contributed by atoms with Crippen LogP contribution in [0.5, 0.6) is 0 Å². The summed E-state index contributed by atoms with van der Waals surface area (Å²) < 4.78 is 15.6. The number of carboxylic acids is 1. The zero-order valence-electron chi connectivity index (χ0n) is 9.85. The van der Waals surface area contributed by atoms with Crippen LogP contribution < -0.4 is 0 Å². The number of aromatic carboxylic acids is 1. The van der Waals surface area contributed by atoms with Crippen molar-refractivity contribution in [2.75, 3.05) is 0 Å². The first-order valence-electron chi connectivity index (χ1n) is 5.32. The third-order valence-electron chi connectivity index (χ3n) is 2.61. The Morgan fingerprint density at radius 2 is 2.00 bits per heavy atom. The Morgan fingerprint density at radius 1 is 1.32 bits per heavy atom. The van der Waals surface area contributed by atoms with Crippen LogP contribution in [-0.2, 0) is 0 Å². The van der Waals surface area contributed by atoms with E-state index in [4.69, 9.17) is 5.11 Å². The first-order valence-corrected chi connectivity index (χ1v) is 6.11. The highest BCUT2D eigenvalue weighted by Crippen LogP contribution is 2.22. The van der Waals surface area contributed by atoms with Crippen LogP contribution in [0.2, 0.25) is 0 Å². The van der Waals surface area contributed by atoms with E-state index in [0.717, 1.165) is 4.57 Å². The Hall–Kier alpha value is -1.95. The fourth-order valence-electron chi connectivity index (χ4n) is 1.70. The quantitative estimate of drug-likeness (QED) is 0.881. The minimum Gasteiger partial charge on any atom is -0.477 e. The summed E-state index contributed by atoms with van der Waals surface area (Å²) in [6, 6.07) is 5.49. The van der Waals surface area contributed by atoms with Crippen LogP contribution in [0.25, 0.3) is 5.69 Å². The van der Waals surface area contributed by atoms with E-state index in [9.17, 15) is 14.0 Å². The molecular formula is C13H9BrFNO3. The summed E-state index contributed by atoms with van der Waals surface area (Å²) in [6.45, 7) is 1.32. The lowest BCUT2D eigenvalue weighted by Crippen LogP contribution is -2.07. The van der Waals surface area contributed by atoms with Gasteiger partial charge in [0.25, 0.3) is 0 Å². The van der Waals surface area contributed by atoms with Crippen molar-refractivity contribution in [3.63, 3.8) is 0 Å². The van der Waals surface area contributed by atoms with E-state index in [1.54, 1.807) is 6.07 Å².